The summed E-state index contributed by atoms with van der Waals surface area (Å²) in [6, 6.07) is 10.7. The fourth-order valence-corrected chi connectivity index (χ4v) is 3.75. The van der Waals surface area contributed by atoms with E-state index in [4.69, 9.17) is 0 Å². The van der Waals surface area contributed by atoms with Gasteiger partial charge in [-0.25, -0.2) is 0 Å². The van der Waals surface area contributed by atoms with Crippen LogP contribution >= 0.6 is 0 Å². The molecule has 0 bridgehead atoms. The highest BCUT2D eigenvalue weighted by Crippen LogP contribution is 2.23. The zero-order valence-electron chi connectivity index (χ0n) is 15.9. The Kier molecular flexibility index (Phi) is 6.45. The number of hydrogen-bond donors (Lipinski definition) is 1. The van der Waals surface area contributed by atoms with Crippen LogP contribution in [0.2, 0.25) is 0 Å². The Morgan fingerprint density at radius 3 is 2.62 bits per heavy atom. The SMILES string of the molecule is CCC(NC(=O)CC1CCN(Cc2ccccc2)CC1)c1cnn(C)c1. The van der Waals surface area contributed by atoms with E-state index in [1.807, 2.05) is 19.4 Å². The van der Waals surface area contributed by atoms with Crippen molar-refractivity contribution in [2.24, 2.45) is 13.0 Å². The molecule has 3 rings (SSSR count). The Balaban J connectivity index is 1.43. The van der Waals surface area contributed by atoms with Crippen LogP contribution in [0.5, 0.6) is 0 Å². The zero-order chi connectivity index (χ0) is 18.4. The van der Waals surface area contributed by atoms with Gasteiger partial charge in [-0.15, -0.1) is 0 Å². The van der Waals surface area contributed by atoms with Gasteiger partial charge in [0.25, 0.3) is 0 Å². The molecule has 2 heterocycles. The molecular formula is C21H30N4O. The van der Waals surface area contributed by atoms with Crippen LogP contribution in [0.3, 0.4) is 0 Å². The third kappa shape index (κ3) is 5.18. The summed E-state index contributed by atoms with van der Waals surface area (Å²) < 4.78 is 1.78. The monoisotopic (exact) mass is 354 g/mol. The van der Waals surface area contributed by atoms with Gasteiger partial charge in [-0.3, -0.25) is 14.4 Å². The molecule has 1 N–H and O–H groups in total. The van der Waals surface area contributed by atoms with Gasteiger partial charge in [0.15, 0.2) is 0 Å². The van der Waals surface area contributed by atoms with E-state index in [0.29, 0.717) is 12.3 Å². The first kappa shape index (κ1) is 18.6. The first-order chi connectivity index (χ1) is 12.6. The number of hydrogen-bond acceptors (Lipinski definition) is 3. The molecule has 26 heavy (non-hydrogen) atoms. The summed E-state index contributed by atoms with van der Waals surface area (Å²) in [5, 5.41) is 7.40. The number of nitrogens with zero attached hydrogens (tertiary/aromatic N) is 3. The minimum Gasteiger partial charge on any atom is -0.349 e. The number of aromatic nitrogens is 2. The largest absolute Gasteiger partial charge is 0.349 e. The molecule has 0 aliphatic carbocycles. The van der Waals surface area contributed by atoms with Crippen molar-refractivity contribution in [3.05, 3.63) is 53.9 Å². The van der Waals surface area contributed by atoms with Gasteiger partial charge < -0.3 is 5.32 Å². The Hall–Kier alpha value is -2.14. The Morgan fingerprint density at radius 2 is 2.00 bits per heavy atom. The molecule has 0 radical (unpaired) electrons. The molecule has 5 nitrogen and oxygen atoms in total. The molecule has 140 valence electrons. The molecule has 1 aromatic heterocycles. The van der Waals surface area contributed by atoms with Crippen LogP contribution in [-0.4, -0.2) is 33.7 Å². The lowest BCUT2D eigenvalue weighted by Crippen LogP contribution is -2.36. The van der Waals surface area contributed by atoms with Crippen LogP contribution in [0.25, 0.3) is 0 Å². The average Bonchev–Trinajstić information content (AvgIpc) is 3.08. The third-order valence-corrected chi connectivity index (χ3v) is 5.30. The summed E-state index contributed by atoms with van der Waals surface area (Å²) in [4.78, 5) is 15.0. The van der Waals surface area contributed by atoms with E-state index in [1.165, 1.54) is 5.56 Å². The summed E-state index contributed by atoms with van der Waals surface area (Å²) in [6.45, 7) is 5.26. The molecule has 2 aromatic rings. The van der Waals surface area contributed by atoms with Gasteiger partial charge >= 0.3 is 0 Å². The fourth-order valence-electron chi connectivity index (χ4n) is 3.75. The quantitative estimate of drug-likeness (QED) is 0.830. The second-order valence-corrected chi connectivity index (χ2v) is 7.38. The predicted molar refractivity (Wildman–Crippen MR) is 103 cm³/mol. The molecule has 1 atom stereocenters. The van der Waals surface area contributed by atoms with Crippen molar-refractivity contribution >= 4 is 5.91 Å². The molecule has 1 unspecified atom stereocenters. The smallest absolute Gasteiger partial charge is 0.220 e. The first-order valence-corrected chi connectivity index (χ1v) is 9.68. The van der Waals surface area contributed by atoms with Gasteiger partial charge in [0.2, 0.25) is 5.91 Å². The summed E-state index contributed by atoms with van der Waals surface area (Å²) >= 11 is 0. The number of aryl methyl sites for hydroxylation is 1. The van der Waals surface area contributed by atoms with Gasteiger partial charge in [-0.1, -0.05) is 37.3 Å². The summed E-state index contributed by atoms with van der Waals surface area (Å²) in [5.41, 5.74) is 2.45. The fraction of sp³-hybridized carbons (Fsp3) is 0.524. The van der Waals surface area contributed by atoms with Gasteiger partial charge in [0, 0.05) is 31.8 Å². The van der Waals surface area contributed by atoms with Crippen LogP contribution in [0.4, 0.5) is 0 Å². The maximum atomic E-state index is 12.5. The van der Waals surface area contributed by atoms with E-state index in [9.17, 15) is 4.79 Å². The van der Waals surface area contributed by atoms with Crippen molar-refractivity contribution < 1.29 is 4.79 Å². The third-order valence-electron chi connectivity index (χ3n) is 5.30. The molecule has 5 heteroatoms. The zero-order valence-corrected chi connectivity index (χ0v) is 15.9. The summed E-state index contributed by atoms with van der Waals surface area (Å²) in [7, 11) is 1.90. The number of nitrogens with one attached hydrogen (secondary N) is 1. The Morgan fingerprint density at radius 1 is 1.27 bits per heavy atom. The average molecular weight is 354 g/mol. The number of piperidine rings is 1. The maximum absolute atomic E-state index is 12.5. The van der Waals surface area contributed by atoms with E-state index in [1.54, 1.807) is 4.68 Å². The van der Waals surface area contributed by atoms with E-state index < -0.39 is 0 Å². The minimum absolute atomic E-state index is 0.0642. The Labute approximate surface area is 156 Å². The molecule has 1 aromatic carbocycles. The van der Waals surface area contributed by atoms with Crippen molar-refractivity contribution in [2.45, 2.75) is 45.2 Å². The number of benzene rings is 1. The number of carbonyl (C=O) groups is 1. The molecular weight excluding hydrogens is 324 g/mol. The lowest BCUT2D eigenvalue weighted by Gasteiger charge is -2.32. The number of likely N-dealkylation sites (tertiary alicyclic amines) is 1. The predicted octanol–water partition coefficient (Wildman–Crippen LogP) is 3.29. The Bertz CT molecular complexity index is 689. The van der Waals surface area contributed by atoms with Crippen LogP contribution in [0.1, 0.15) is 49.8 Å². The minimum atomic E-state index is 0.0642. The van der Waals surface area contributed by atoms with Crippen molar-refractivity contribution in [1.29, 1.82) is 0 Å². The van der Waals surface area contributed by atoms with Crippen molar-refractivity contribution in [3.63, 3.8) is 0 Å². The lowest BCUT2D eigenvalue weighted by molar-refractivity contribution is -0.123. The van der Waals surface area contributed by atoms with E-state index in [2.05, 4.69) is 52.6 Å². The lowest BCUT2D eigenvalue weighted by atomic mass is 9.92. The maximum Gasteiger partial charge on any atom is 0.220 e. The number of rotatable bonds is 7. The number of carbonyl (C=O) groups excluding carboxylic acids is 1. The van der Waals surface area contributed by atoms with Crippen LogP contribution in [0.15, 0.2) is 42.7 Å². The molecule has 1 aliphatic heterocycles. The highest BCUT2D eigenvalue weighted by atomic mass is 16.1. The standard InChI is InChI=1S/C21H30N4O/c1-3-20(19-14-22-24(2)16-19)23-21(26)13-17-9-11-25(12-10-17)15-18-7-5-4-6-8-18/h4-8,14,16-17,20H,3,9-13,15H2,1-2H3,(H,23,26). The van der Waals surface area contributed by atoms with Crippen LogP contribution in [0, 0.1) is 5.92 Å². The van der Waals surface area contributed by atoms with Crippen LogP contribution < -0.4 is 5.32 Å². The molecule has 1 aliphatic rings. The topological polar surface area (TPSA) is 50.2 Å². The van der Waals surface area contributed by atoms with E-state index in [-0.39, 0.29) is 11.9 Å². The summed E-state index contributed by atoms with van der Waals surface area (Å²) in [5.74, 6) is 0.663. The first-order valence-electron chi connectivity index (χ1n) is 9.68. The van der Waals surface area contributed by atoms with Gasteiger partial charge in [-0.05, 0) is 43.8 Å². The van der Waals surface area contributed by atoms with Gasteiger partial charge in [-0.2, -0.15) is 5.10 Å². The molecule has 0 saturated carbocycles. The van der Waals surface area contributed by atoms with Crippen molar-refractivity contribution in [1.82, 2.24) is 20.0 Å². The second-order valence-electron chi connectivity index (χ2n) is 7.38. The highest BCUT2D eigenvalue weighted by molar-refractivity contribution is 5.76. The number of amides is 1. The van der Waals surface area contributed by atoms with Crippen molar-refractivity contribution in [2.75, 3.05) is 13.1 Å². The van der Waals surface area contributed by atoms with Crippen LogP contribution in [-0.2, 0) is 18.4 Å². The van der Waals surface area contributed by atoms with E-state index >= 15 is 0 Å². The molecule has 0 spiro atoms. The normalized spacial score (nSPS) is 17.2. The molecule has 1 saturated heterocycles. The van der Waals surface area contributed by atoms with E-state index in [0.717, 1.165) is 44.5 Å². The molecule has 1 fully saturated rings. The highest BCUT2D eigenvalue weighted by Gasteiger charge is 2.23. The van der Waals surface area contributed by atoms with Gasteiger partial charge in [0.05, 0.1) is 12.2 Å². The molecule has 1 amide bonds. The van der Waals surface area contributed by atoms with Crippen molar-refractivity contribution in [3.8, 4) is 0 Å². The van der Waals surface area contributed by atoms with Gasteiger partial charge in [0.1, 0.15) is 0 Å². The second kappa shape index (κ2) is 8.99. The summed E-state index contributed by atoms with van der Waals surface area (Å²) in [6.07, 6.45) is 7.55.